The van der Waals surface area contributed by atoms with Gasteiger partial charge in [-0.25, -0.2) is 14.6 Å². The summed E-state index contributed by atoms with van der Waals surface area (Å²) in [4.78, 5) is 24.8. The Bertz CT molecular complexity index is 1410. The molecule has 2 N–H and O–H groups in total. The molecule has 4 aromatic rings. The maximum absolute atomic E-state index is 11.6. The van der Waals surface area contributed by atoms with Crippen LogP contribution in [0.4, 0.5) is 0 Å². The number of hydrogen-bond acceptors (Lipinski definition) is 6. The van der Waals surface area contributed by atoms with Crippen LogP contribution in [-0.2, 0) is 13.2 Å². The van der Waals surface area contributed by atoms with Crippen molar-refractivity contribution >= 4 is 0 Å². The third-order valence-electron chi connectivity index (χ3n) is 5.87. The predicted octanol–water partition coefficient (Wildman–Crippen LogP) is 4.27. The summed E-state index contributed by atoms with van der Waals surface area (Å²) >= 11 is 0. The van der Waals surface area contributed by atoms with Gasteiger partial charge < -0.3 is 19.1 Å². The topological polar surface area (TPSA) is 107 Å². The van der Waals surface area contributed by atoms with Crippen LogP contribution in [0.1, 0.15) is 37.0 Å². The molecule has 0 unspecified atom stereocenters. The molecule has 0 fully saturated rings. The van der Waals surface area contributed by atoms with E-state index in [1.54, 1.807) is 13.8 Å². The number of aromatic nitrogens is 2. The van der Waals surface area contributed by atoms with Gasteiger partial charge in [0.2, 0.25) is 0 Å². The second kappa shape index (κ2) is 10.7. The summed E-state index contributed by atoms with van der Waals surface area (Å²) in [6.45, 7) is 6.63. The van der Waals surface area contributed by atoms with E-state index in [0.29, 0.717) is 25.4 Å². The van der Waals surface area contributed by atoms with E-state index >= 15 is 0 Å². The van der Waals surface area contributed by atoms with E-state index in [-0.39, 0.29) is 6.54 Å². The lowest BCUT2D eigenvalue weighted by molar-refractivity contribution is 0.0553. The van der Waals surface area contributed by atoms with Gasteiger partial charge in [-0.1, -0.05) is 42.5 Å². The second-order valence-corrected chi connectivity index (χ2v) is 9.30. The first-order valence-corrected chi connectivity index (χ1v) is 11.7. The average Bonchev–Trinajstić information content (AvgIpc) is 3.15. The minimum absolute atomic E-state index is 0.155. The van der Waals surface area contributed by atoms with Crippen LogP contribution in [0.25, 0.3) is 11.1 Å². The molecule has 1 heterocycles. The van der Waals surface area contributed by atoms with Crippen LogP contribution in [0.15, 0.2) is 80.8 Å². The van der Waals surface area contributed by atoms with E-state index in [0.717, 1.165) is 38.3 Å². The van der Waals surface area contributed by atoms with Crippen LogP contribution in [0, 0.1) is 6.92 Å². The van der Waals surface area contributed by atoms with Gasteiger partial charge >= 0.3 is 11.4 Å². The van der Waals surface area contributed by atoms with Crippen molar-refractivity contribution in [1.29, 1.82) is 0 Å². The molecule has 0 radical (unpaired) electrons. The van der Waals surface area contributed by atoms with Crippen molar-refractivity contribution in [3.05, 3.63) is 104 Å². The fourth-order valence-electron chi connectivity index (χ4n) is 3.74. The van der Waals surface area contributed by atoms with Crippen LogP contribution in [0.2, 0.25) is 0 Å². The lowest BCUT2D eigenvalue weighted by atomic mass is 9.96. The lowest BCUT2D eigenvalue weighted by Crippen LogP contribution is -2.21. The number of benzene rings is 3. The van der Waals surface area contributed by atoms with E-state index in [4.69, 9.17) is 14.0 Å². The second-order valence-electron chi connectivity index (χ2n) is 9.30. The van der Waals surface area contributed by atoms with Crippen LogP contribution in [0.5, 0.6) is 11.5 Å². The van der Waals surface area contributed by atoms with Crippen molar-refractivity contribution in [3.8, 4) is 22.6 Å². The van der Waals surface area contributed by atoms with E-state index in [2.05, 4.69) is 18.0 Å². The number of ether oxygens (including phenoxy) is 2. The molecule has 0 bridgehead atoms. The van der Waals surface area contributed by atoms with E-state index < -0.39 is 17.0 Å². The molecule has 0 spiro atoms. The molecule has 0 saturated carbocycles. The Morgan fingerprint density at radius 2 is 1.61 bits per heavy atom. The summed E-state index contributed by atoms with van der Waals surface area (Å²) in [7, 11) is 0. The Hall–Kier alpha value is -4.04. The third kappa shape index (κ3) is 6.55. The van der Waals surface area contributed by atoms with E-state index in [9.17, 15) is 14.7 Å². The first-order chi connectivity index (χ1) is 17.2. The quantitative estimate of drug-likeness (QED) is 0.344. The first kappa shape index (κ1) is 25.1. The molecule has 0 atom stereocenters. The molecule has 188 valence electrons. The first-order valence-electron chi connectivity index (χ1n) is 11.7. The SMILES string of the molecule is Cc1c(COc2ccc(Cn3oc(=O)[nH]c3=O)cc2)cccc1-c1ccc(OCCC(C)(C)O)cc1. The van der Waals surface area contributed by atoms with Gasteiger partial charge in [-0.15, -0.1) is 4.74 Å². The number of rotatable bonds is 10. The minimum Gasteiger partial charge on any atom is -0.493 e. The molecule has 1 aromatic heterocycles. The molecule has 0 aliphatic heterocycles. The maximum Gasteiger partial charge on any atom is 0.440 e. The number of aliphatic hydroxyl groups is 1. The highest BCUT2D eigenvalue weighted by atomic mass is 16.5. The fraction of sp³-hybridized carbons (Fsp3) is 0.286. The average molecular weight is 491 g/mol. The predicted molar refractivity (Wildman–Crippen MR) is 136 cm³/mol. The van der Waals surface area contributed by atoms with Gasteiger partial charge in [0, 0.05) is 6.42 Å². The Morgan fingerprint density at radius 1 is 0.944 bits per heavy atom. The largest absolute Gasteiger partial charge is 0.493 e. The molecule has 4 rings (SSSR count). The Labute approximate surface area is 208 Å². The fourth-order valence-corrected chi connectivity index (χ4v) is 3.74. The summed E-state index contributed by atoms with van der Waals surface area (Å²) in [6.07, 6.45) is 0.559. The van der Waals surface area contributed by atoms with Crippen molar-refractivity contribution in [2.45, 2.75) is 45.9 Å². The maximum atomic E-state index is 11.6. The Morgan fingerprint density at radius 3 is 2.25 bits per heavy atom. The molecule has 3 aromatic carbocycles. The summed E-state index contributed by atoms with van der Waals surface area (Å²) in [5.74, 6) is 0.690. The van der Waals surface area contributed by atoms with Crippen molar-refractivity contribution in [1.82, 2.24) is 9.72 Å². The van der Waals surface area contributed by atoms with Crippen LogP contribution in [0.3, 0.4) is 0 Å². The minimum atomic E-state index is -0.774. The third-order valence-corrected chi connectivity index (χ3v) is 5.87. The summed E-state index contributed by atoms with van der Waals surface area (Å²) in [5, 5.41) is 9.82. The molecular weight excluding hydrogens is 460 g/mol. The number of nitrogens with zero attached hydrogens (tertiary/aromatic N) is 1. The molecular formula is C28H30N2O6. The highest BCUT2D eigenvalue weighted by Gasteiger charge is 2.12. The van der Waals surface area contributed by atoms with Gasteiger partial charge in [0.05, 0.1) is 18.8 Å². The van der Waals surface area contributed by atoms with Crippen LogP contribution in [-0.4, -0.2) is 27.0 Å². The van der Waals surface area contributed by atoms with Gasteiger partial charge in [0.25, 0.3) is 0 Å². The van der Waals surface area contributed by atoms with Crippen molar-refractivity contribution < 1.29 is 19.1 Å². The standard InChI is InChI=1S/C28H30N2O6/c1-19-22(18-35-24-11-7-20(8-12-24)17-30-26(31)29-27(32)36-30)5-4-6-25(19)21-9-13-23(14-10-21)34-16-15-28(2,3)33/h4-14,33H,15-18H2,1-3H3,(H,29,31,32). The molecule has 8 nitrogen and oxygen atoms in total. The molecule has 36 heavy (non-hydrogen) atoms. The van der Waals surface area contributed by atoms with Gasteiger partial charge in [-0.2, -0.15) is 0 Å². The van der Waals surface area contributed by atoms with Gasteiger partial charge in [-0.3, -0.25) is 0 Å². The highest BCUT2D eigenvalue weighted by molar-refractivity contribution is 5.69. The molecule has 0 saturated heterocycles. The van der Waals surface area contributed by atoms with Gasteiger partial charge in [0.15, 0.2) is 0 Å². The Balaban J connectivity index is 1.38. The monoisotopic (exact) mass is 490 g/mol. The van der Waals surface area contributed by atoms with Crippen LogP contribution < -0.4 is 20.9 Å². The van der Waals surface area contributed by atoms with Crippen molar-refractivity contribution in [2.75, 3.05) is 6.61 Å². The Kier molecular flexibility index (Phi) is 7.45. The summed E-state index contributed by atoms with van der Waals surface area (Å²) < 4.78 is 17.5. The van der Waals surface area contributed by atoms with Crippen molar-refractivity contribution in [3.63, 3.8) is 0 Å². The van der Waals surface area contributed by atoms with E-state index in [1.165, 1.54) is 0 Å². The molecule has 0 aliphatic rings. The normalized spacial score (nSPS) is 11.4. The molecule has 0 aliphatic carbocycles. The van der Waals surface area contributed by atoms with E-state index in [1.807, 2.05) is 60.7 Å². The van der Waals surface area contributed by atoms with Gasteiger partial charge in [0.1, 0.15) is 18.1 Å². The zero-order valence-corrected chi connectivity index (χ0v) is 20.6. The molecule has 0 amide bonds. The summed E-state index contributed by atoms with van der Waals surface area (Å²) in [5.41, 5.74) is 3.88. The number of hydrogen-bond donors (Lipinski definition) is 2. The lowest BCUT2D eigenvalue weighted by Gasteiger charge is -2.17. The molecule has 8 heteroatoms. The smallest absolute Gasteiger partial charge is 0.440 e. The van der Waals surface area contributed by atoms with Crippen molar-refractivity contribution in [2.24, 2.45) is 0 Å². The summed E-state index contributed by atoms with van der Waals surface area (Å²) in [6, 6.07) is 21.4. The zero-order chi connectivity index (χ0) is 25.7. The highest BCUT2D eigenvalue weighted by Crippen LogP contribution is 2.28. The number of nitrogens with one attached hydrogen (secondary N) is 1. The van der Waals surface area contributed by atoms with Crippen LogP contribution >= 0.6 is 0 Å². The zero-order valence-electron chi connectivity index (χ0n) is 20.6. The number of aromatic amines is 1. The van der Waals surface area contributed by atoms with Gasteiger partial charge in [-0.05, 0) is 72.9 Å². The number of H-pyrrole nitrogens is 1.